The lowest BCUT2D eigenvalue weighted by atomic mass is 9.48. The lowest BCUT2D eigenvalue weighted by Gasteiger charge is -2.59. The summed E-state index contributed by atoms with van der Waals surface area (Å²) >= 11 is 0. The number of hydrogen-bond donors (Lipinski definition) is 1. The largest absolute Gasteiger partial charge is 0.349 e. The fourth-order valence-corrected chi connectivity index (χ4v) is 6.12. The van der Waals surface area contributed by atoms with E-state index < -0.39 is 0 Å². The van der Waals surface area contributed by atoms with Crippen molar-refractivity contribution in [2.75, 3.05) is 0 Å². The minimum Gasteiger partial charge on any atom is -0.349 e. The van der Waals surface area contributed by atoms with E-state index >= 15 is 0 Å². The highest BCUT2D eigenvalue weighted by molar-refractivity contribution is 5.96. The molecule has 4 fully saturated rings. The van der Waals surface area contributed by atoms with Crippen LogP contribution in [0.1, 0.15) is 66.9 Å². The summed E-state index contributed by atoms with van der Waals surface area (Å²) < 4.78 is 0. The van der Waals surface area contributed by atoms with Gasteiger partial charge < -0.3 is 5.32 Å². The summed E-state index contributed by atoms with van der Waals surface area (Å²) in [5.74, 6) is 2.92. The van der Waals surface area contributed by atoms with Crippen LogP contribution in [-0.4, -0.2) is 11.9 Å². The third kappa shape index (κ3) is 2.60. The molecule has 1 aromatic rings. The van der Waals surface area contributed by atoms with E-state index in [9.17, 15) is 4.79 Å². The molecule has 4 saturated carbocycles. The van der Waals surface area contributed by atoms with Crippen LogP contribution in [-0.2, 0) is 0 Å². The Kier molecular flexibility index (Phi) is 3.55. The topological polar surface area (TPSA) is 29.1 Å². The van der Waals surface area contributed by atoms with Gasteiger partial charge in [0, 0.05) is 11.6 Å². The molecular formula is C21H29NO. The highest BCUT2D eigenvalue weighted by atomic mass is 16.1. The van der Waals surface area contributed by atoms with Gasteiger partial charge in [0.2, 0.25) is 0 Å². The molecular weight excluding hydrogens is 282 g/mol. The Morgan fingerprint density at radius 1 is 1.09 bits per heavy atom. The van der Waals surface area contributed by atoms with Gasteiger partial charge in [-0.25, -0.2) is 0 Å². The van der Waals surface area contributed by atoms with Crippen LogP contribution in [0.3, 0.4) is 0 Å². The summed E-state index contributed by atoms with van der Waals surface area (Å²) in [5, 5.41) is 3.38. The number of nitrogens with one attached hydrogen (secondary N) is 1. The molecule has 1 amide bonds. The minimum atomic E-state index is 0.120. The molecule has 0 radical (unpaired) electrons. The van der Waals surface area contributed by atoms with E-state index in [1.165, 1.54) is 38.5 Å². The minimum absolute atomic E-state index is 0.120. The number of amides is 1. The van der Waals surface area contributed by atoms with Crippen molar-refractivity contribution >= 4 is 5.91 Å². The van der Waals surface area contributed by atoms with E-state index in [0.29, 0.717) is 11.5 Å². The molecule has 124 valence electrons. The molecule has 0 spiro atoms. The van der Waals surface area contributed by atoms with Gasteiger partial charge >= 0.3 is 0 Å². The molecule has 1 aromatic carbocycles. The van der Waals surface area contributed by atoms with Crippen LogP contribution in [0.4, 0.5) is 0 Å². The first kappa shape index (κ1) is 15.2. The van der Waals surface area contributed by atoms with Gasteiger partial charge in [-0.15, -0.1) is 0 Å². The van der Waals surface area contributed by atoms with Crippen molar-refractivity contribution in [3.05, 3.63) is 34.9 Å². The van der Waals surface area contributed by atoms with Crippen molar-refractivity contribution in [1.82, 2.24) is 5.32 Å². The second-order valence-electron chi connectivity index (χ2n) is 8.79. The highest BCUT2D eigenvalue weighted by Crippen LogP contribution is 2.61. The molecule has 2 nitrogen and oxygen atoms in total. The van der Waals surface area contributed by atoms with Crippen molar-refractivity contribution in [3.8, 4) is 0 Å². The molecule has 4 aliphatic rings. The third-order valence-corrected chi connectivity index (χ3v) is 6.99. The van der Waals surface area contributed by atoms with Crippen LogP contribution in [0.15, 0.2) is 18.2 Å². The van der Waals surface area contributed by atoms with Crippen molar-refractivity contribution in [1.29, 1.82) is 0 Å². The van der Waals surface area contributed by atoms with Gasteiger partial charge in [0.05, 0.1) is 0 Å². The second-order valence-corrected chi connectivity index (χ2v) is 8.79. The van der Waals surface area contributed by atoms with Gasteiger partial charge in [0.1, 0.15) is 0 Å². The predicted octanol–water partition coefficient (Wildman–Crippen LogP) is 4.64. The number of aryl methyl sites for hydroxylation is 2. The van der Waals surface area contributed by atoms with E-state index in [4.69, 9.17) is 0 Å². The average Bonchev–Trinajstić information content (AvgIpc) is 2.48. The van der Waals surface area contributed by atoms with Crippen LogP contribution < -0.4 is 5.32 Å². The summed E-state index contributed by atoms with van der Waals surface area (Å²) in [6.07, 6.45) is 8.39. The summed E-state index contributed by atoms with van der Waals surface area (Å²) in [7, 11) is 0. The standard InChI is InChI=1S/C21H29NO/c1-13-4-5-14(2)19(6-13)20(23)22-15(3)21-10-16-7-17(11-21)9-18(8-16)12-21/h4-6,15-18H,7-12H2,1-3H3,(H,22,23)/t15-,16?,17?,18?,21?/m1/s1. The molecule has 4 bridgehead atoms. The maximum absolute atomic E-state index is 12.8. The quantitative estimate of drug-likeness (QED) is 0.866. The van der Waals surface area contributed by atoms with Gasteiger partial charge in [-0.1, -0.05) is 17.7 Å². The van der Waals surface area contributed by atoms with Gasteiger partial charge in [0.25, 0.3) is 5.91 Å². The summed E-state index contributed by atoms with van der Waals surface area (Å²) in [6, 6.07) is 6.45. The predicted molar refractivity (Wildman–Crippen MR) is 93.4 cm³/mol. The van der Waals surface area contributed by atoms with Crippen molar-refractivity contribution in [3.63, 3.8) is 0 Å². The number of carbonyl (C=O) groups excluding carboxylic acids is 1. The molecule has 1 atom stereocenters. The van der Waals surface area contributed by atoms with E-state index in [-0.39, 0.29) is 5.91 Å². The SMILES string of the molecule is Cc1ccc(C)c(C(=O)N[C@H](C)C23CC4CC(CC(C4)C2)C3)c1. The Balaban J connectivity index is 1.52. The molecule has 0 aliphatic heterocycles. The smallest absolute Gasteiger partial charge is 0.251 e. The lowest BCUT2D eigenvalue weighted by Crippen LogP contribution is -2.55. The van der Waals surface area contributed by atoms with Crippen LogP contribution >= 0.6 is 0 Å². The number of hydrogen-bond acceptors (Lipinski definition) is 1. The zero-order chi connectivity index (χ0) is 16.2. The molecule has 0 saturated heterocycles. The van der Waals surface area contributed by atoms with E-state index in [0.717, 1.165) is 34.4 Å². The Bertz CT molecular complexity index is 597. The normalized spacial score (nSPS) is 36.0. The fraction of sp³-hybridized carbons (Fsp3) is 0.667. The maximum atomic E-state index is 12.8. The monoisotopic (exact) mass is 311 g/mol. The molecule has 5 rings (SSSR count). The fourth-order valence-electron chi connectivity index (χ4n) is 6.12. The Hall–Kier alpha value is -1.31. The Labute approximate surface area is 140 Å². The second kappa shape index (κ2) is 5.36. The molecule has 1 N–H and O–H groups in total. The van der Waals surface area contributed by atoms with Crippen LogP contribution in [0.2, 0.25) is 0 Å². The summed E-state index contributed by atoms with van der Waals surface area (Å²) in [5.41, 5.74) is 3.46. The van der Waals surface area contributed by atoms with Crippen molar-refractivity contribution in [2.24, 2.45) is 23.2 Å². The molecule has 4 aliphatic carbocycles. The number of rotatable bonds is 3. The summed E-state index contributed by atoms with van der Waals surface area (Å²) in [4.78, 5) is 12.8. The first-order valence-electron chi connectivity index (χ1n) is 9.33. The lowest BCUT2D eigenvalue weighted by molar-refractivity contribution is -0.0688. The van der Waals surface area contributed by atoms with Gasteiger partial charge in [-0.3, -0.25) is 4.79 Å². The number of benzene rings is 1. The molecule has 0 aromatic heterocycles. The zero-order valence-corrected chi connectivity index (χ0v) is 14.7. The molecule has 0 unspecified atom stereocenters. The molecule has 0 heterocycles. The maximum Gasteiger partial charge on any atom is 0.251 e. The summed E-state index contributed by atoms with van der Waals surface area (Å²) in [6.45, 7) is 6.35. The van der Waals surface area contributed by atoms with Gasteiger partial charge in [-0.05, 0) is 94.1 Å². The van der Waals surface area contributed by atoms with Crippen LogP contribution in [0.25, 0.3) is 0 Å². The van der Waals surface area contributed by atoms with Crippen molar-refractivity contribution in [2.45, 2.75) is 65.3 Å². The van der Waals surface area contributed by atoms with Gasteiger partial charge in [-0.2, -0.15) is 0 Å². The highest BCUT2D eigenvalue weighted by Gasteiger charge is 2.53. The molecule has 23 heavy (non-hydrogen) atoms. The zero-order valence-electron chi connectivity index (χ0n) is 14.7. The Morgan fingerprint density at radius 2 is 1.65 bits per heavy atom. The third-order valence-electron chi connectivity index (χ3n) is 6.99. The van der Waals surface area contributed by atoms with Crippen molar-refractivity contribution < 1.29 is 4.79 Å². The van der Waals surface area contributed by atoms with E-state index in [2.05, 4.69) is 31.3 Å². The van der Waals surface area contributed by atoms with E-state index in [1.807, 2.05) is 13.0 Å². The van der Waals surface area contributed by atoms with Gasteiger partial charge in [0.15, 0.2) is 0 Å². The first-order chi connectivity index (χ1) is 10.9. The average molecular weight is 311 g/mol. The van der Waals surface area contributed by atoms with E-state index in [1.54, 1.807) is 0 Å². The van der Waals surface area contributed by atoms with Crippen LogP contribution in [0.5, 0.6) is 0 Å². The number of carbonyl (C=O) groups is 1. The Morgan fingerprint density at radius 3 is 2.22 bits per heavy atom. The molecule has 2 heteroatoms. The van der Waals surface area contributed by atoms with Crippen LogP contribution in [0, 0.1) is 37.0 Å². The first-order valence-corrected chi connectivity index (χ1v) is 9.33.